The Morgan fingerprint density at radius 1 is 1.28 bits per heavy atom. The molecule has 18 heavy (non-hydrogen) atoms. The lowest BCUT2D eigenvalue weighted by Gasteiger charge is -2.31. The normalized spacial score (nSPS) is 19.7. The van der Waals surface area contributed by atoms with E-state index in [-0.39, 0.29) is 6.10 Å². The van der Waals surface area contributed by atoms with Gasteiger partial charge in [0.25, 0.3) is 0 Å². The number of ether oxygens (including phenoxy) is 1. The van der Waals surface area contributed by atoms with Crippen LogP contribution in [-0.4, -0.2) is 42.9 Å². The SMILES string of the molecule is Cc1ccc(OCC(O)C2CCN(C)CC2)cc1. The summed E-state index contributed by atoms with van der Waals surface area (Å²) in [5.74, 6) is 1.22. The van der Waals surface area contributed by atoms with Crippen LogP contribution in [0.1, 0.15) is 18.4 Å². The standard InChI is InChI=1S/C15H23NO2/c1-12-3-5-14(6-4-12)18-11-15(17)13-7-9-16(2)10-8-13/h3-6,13,15,17H,7-11H2,1-2H3. The lowest BCUT2D eigenvalue weighted by Crippen LogP contribution is -2.37. The van der Waals surface area contributed by atoms with Crippen molar-refractivity contribution in [1.29, 1.82) is 0 Å². The second kappa shape index (κ2) is 6.21. The van der Waals surface area contributed by atoms with Gasteiger partial charge in [0, 0.05) is 0 Å². The molecule has 1 aliphatic rings. The Hall–Kier alpha value is -1.06. The van der Waals surface area contributed by atoms with Gasteiger partial charge in [0.1, 0.15) is 12.4 Å². The van der Waals surface area contributed by atoms with Crippen LogP contribution >= 0.6 is 0 Å². The molecule has 1 heterocycles. The first kappa shape index (κ1) is 13.4. The molecular formula is C15H23NO2. The number of aryl methyl sites for hydroxylation is 1. The van der Waals surface area contributed by atoms with Gasteiger partial charge >= 0.3 is 0 Å². The summed E-state index contributed by atoms with van der Waals surface area (Å²) in [5, 5.41) is 10.1. The van der Waals surface area contributed by atoms with Crippen molar-refractivity contribution in [3.05, 3.63) is 29.8 Å². The molecule has 0 spiro atoms. The molecule has 1 aliphatic heterocycles. The predicted octanol–water partition coefficient (Wildman–Crippen LogP) is 2.08. The van der Waals surface area contributed by atoms with E-state index in [1.54, 1.807) is 0 Å². The van der Waals surface area contributed by atoms with Gasteiger partial charge in [0.2, 0.25) is 0 Å². The Bertz CT molecular complexity index is 355. The Balaban J connectivity index is 1.77. The van der Waals surface area contributed by atoms with E-state index in [2.05, 4.69) is 18.9 Å². The molecule has 1 aromatic carbocycles. The van der Waals surface area contributed by atoms with Gasteiger partial charge in [-0.25, -0.2) is 0 Å². The molecule has 100 valence electrons. The van der Waals surface area contributed by atoms with Crippen molar-refractivity contribution in [2.75, 3.05) is 26.7 Å². The highest BCUT2D eigenvalue weighted by Crippen LogP contribution is 2.21. The number of rotatable bonds is 4. The molecule has 0 aromatic heterocycles. The smallest absolute Gasteiger partial charge is 0.119 e. The van der Waals surface area contributed by atoms with Crippen LogP contribution in [0.4, 0.5) is 0 Å². The van der Waals surface area contributed by atoms with E-state index in [9.17, 15) is 5.11 Å². The van der Waals surface area contributed by atoms with Crippen LogP contribution < -0.4 is 4.74 Å². The molecular weight excluding hydrogens is 226 g/mol. The minimum atomic E-state index is -0.347. The molecule has 0 bridgehead atoms. The number of hydrogen-bond donors (Lipinski definition) is 1. The fourth-order valence-electron chi connectivity index (χ4n) is 2.37. The molecule has 3 heteroatoms. The van der Waals surface area contributed by atoms with Gasteiger partial charge in [-0.1, -0.05) is 17.7 Å². The van der Waals surface area contributed by atoms with E-state index in [4.69, 9.17) is 4.74 Å². The molecule has 1 fully saturated rings. The van der Waals surface area contributed by atoms with Crippen molar-refractivity contribution in [3.8, 4) is 5.75 Å². The van der Waals surface area contributed by atoms with Crippen molar-refractivity contribution in [3.63, 3.8) is 0 Å². The molecule has 1 aromatic rings. The number of likely N-dealkylation sites (tertiary alicyclic amines) is 1. The van der Waals surface area contributed by atoms with Crippen molar-refractivity contribution in [2.45, 2.75) is 25.9 Å². The molecule has 1 unspecified atom stereocenters. The van der Waals surface area contributed by atoms with Crippen LogP contribution in [0.25, 0.3) is 0 Å². The lowest BCUT2D eigenvalue weighted by atomic mass is 9.92. The first-order valence-corrected chi connectivity index (χ1v) is 6.71. The highest BCUT2D eigenvalue weighted by atomic mass is 16.5. The largest absolute Gasteiger partial charge is 0.491 e. The van der Waals surface area contributed by atoms with Crippen LogP contribution in [-0.2, 0) is 0 Å². The van der Waals surface area contributed by atoms with Crippen molar-refractivity contribution in [2.24, 2.45) is 5.92 Å². The zero-order chi connectivity index (χ0) is 13.0. The van der Waals surface area contributed by atoms with E-state index in [0.29, 0.717) is 12.5 Å². The molecule has 1 N–H and O–H groups in total. The van der Waals surface area contributed by atoms with E-state index in [0.717, 1.165) is 31.7 Å². The molecule has 1 atom stereocenters. The Morgan fingerprint density at radius 3 is 2.50 bits per heavy atom. The summed E-state index contributed by atoms with van der Waals surface area (Å²) in [6.45, 7) is 4.60. The quantitative estimate of drug-likeness (QED) is 0.886. The summed E-state index contributed by atoms with van der Waals surface area (Å²) in [7, 11) is 2.13. The van der Waals surface area contributed by atoms with Crippen molar-refractivity contribution >= 4 is 0 Å². The third-order valence-corrected chi connectivity index (χ3v) is 3.75. The Labute approximate surface area is 109 Å². The van der Waals surface area contributed by atoms with E-state index < -0.39 is 0 Å². The molecule has 0 aliphatic carbocycles. The number of benzene rings is 1. The Kier molecular flexibility index (Phi) is 4.61. The second-order valence-electron chi connectivity index (χ2n) is 5.33. The number of aliphatic hydroxyl groups is 1. The van der Waals surface area contributed by atoms with Crippen LogP contribution in [0.5, 0.6) is 5.75 Å². The Morgan fingerprint density at radius 2 is 1.89 bits per heavy atom. The summed E-state index contributed by atoms with van der Waals surface area (Å²) in [4.78, 5) is 2.31. The van der Waals surface area contributed by atoms with Gasteiger partial charge in [-0.15, -0.1) is 0 Å². The third kappa shape index (κ3) is 3.72. The second-order valence-corrected chi connectivity index (χ2v) is 5.33. The zero-order valence-electron chi connectivity index (χ0n) is 11.3. The maximum absolute atomic E-state index is 10.1. The van der Waals surface area contributed by atoms with Crippen LogP contribution in [0.3, 0.4) is 0 Å². The van der Waals surface area contributed by atoms with E-state index in [1.807, 2.05) is 24.3 Å². The summed E-state index contributed by atoms with van der Waals surface area (Å²) in [6.07, 6.45) is 1.78. The molecule has 3 nitrogen and oxygen atoms in total. The highest BCUT2D eigenvalue weighted by Gasteiger charge is 2.24. The highest BCUT2D eigenvalue weighted by molar-refractivity contribution is 5.26. The van der Waals surface area contributed by atoms with Crippen LogP contribution in [0.15, 0.2) is 24.3 Å². The maximum atomic E-state index is 10.1. The number of piperidine rings is 1. The zero-order valence-corrected chi connectivity index (χ0v) is 11.3. The van der Waals surface area contributed by atoms with Gasteiger partial charge in [-0.05, 0) is 58.0 Å². The summed E-state index contributed by atoms with van der Waals surface area (Å²) in [6, 6.07) is 7.96. The first-order chi connectivity index (χ1) is 8.65. The van der Waals surface area contributed by atoms with E-state index >= 15 is 0 Å². The number of aliphatic hydroxyl groups excluding tert-OH is 1. The van der Waals surface area contributed by atoms with Crippen molar-refractivity contribution in [1.82, 2.24) is 4.90 Å². The minimum absolute atomic E-state index is 0.347. The van der Waals surface area contributed by atoms with Crippen LogP contribution in [0.2, 0.25) is 0 Å². The fraction of sp³-hybridized carbons (Fsp3) is 0.600. The molecule has 2 rings (SSSR count). The third-order valence-electron chi connectivity index (χ3n) is 3.75. The topological polar surface area (TPSA) is 32.7 Å². The average Bonchev–Trinajstić information content (AvgIpc) is 2.38. The monoisotopic (exact) mass is 249 g/mol. The maximum Gasteiger partial charge on any atom is 0.119 e. The summed E-state index contributed by atoms with van der Waals surface area (Å²) in [5.41, 5.74) is 1.22. The van der Waals surface area contributed by atoms with Crippen molar-refractivity contribution < 1.29 is 9.84 Å². The average molecular weight is 249 g/mol. The lowest BCUT2D eigenvalue weighted by molar-refractivity contribution is 0.0298. The van der Waals surface area contributed by atoms with Crippen LogP contribution in [0, 0.1) is 12.8 Å². The molecule has 0 radical (unpaired) electrons. The molecule has 0 amide bonds. The first-order valence-electron chi connectivity index (χ1n) is 6.71. The van der Waals surface area contributed by atoms with E-state index in [1.165, 1.54) is 5.56 Å². The van der Waals surface area contributed by atoms with Gasteiger partial charge in [0.05, 0.1) is 6.10 Å². The van der Waals surface area contributed by atoms with Gasteiger partial charge in [-0.2, -0.15) is 0 Å². The predicted molar refractivity (Wildman–Crippen MR) is 72.9 cm³/mol. The fourth-order valence-corrected chi connectivity index (χ4v) is 2.37. The minimum Gasteiger partial charge on any atom is -0.491 e. The molecule has 1 saturated heterocycles. The number of hydrogen-bond acceptors (Lipinski definition) is 3. The number of nitrogens with zero attached hydrogens (tertiary/aromatic N) is 1. The summed E-state index contributed by atoms with van der Waals surface area (Å²) < 4.78 is 5.64. The van der Waals surface area contributed by atoms with Gasteiger partial charge < -0.3 is 14.7 Å². The summed E-state index contributed by atoms with van der Waals surface area (Å²) >= 11 is 0. The van der Waals surface area contributed by atoms with Gasteiger partial charge in [0.15, 0.2) is 0 Å². The van der Waals surface area contributed by atoms with Gasteiger partial charge in [-0.3, -0.25) is 0 Å². The molecule has 0 saturated carbocycles.